The number of hydrogen-bond acceptors (Lipinski definition) is 3. The van der Waals surface area contributed by atoms with Crippen molar-refractivity contribution in [3.8, 4) is 65.4 Å². The molecule has 0 radical (unpaired) electrons. The number of hydrogen-bond donors (Lipinski definition) is 0. The Balaban J connectivity index is 1.36. The average Bonchev–Trinajstić information content (AvgIpc) is 3.75. The molecule has 3 heteroatoms. The summed E-state index contributed by atoms with van der Waals surface area (Å²) in [6.07, 6.45) is 1.92. The van der Waals surface area contributed by atoms with Crippen LogP contribution in [0, 0.1) is 0 Å². The molecule has 0 N–H and O–H groups in total. The van der Waals surface area contributed by atoms with Crippen LogP contribution in [0.2, 0.25) is 0 Å². The number of thiophene rings is 2. The molecule has 8 rings (SSSR count). The van der Waals surface area contributed by atoms with Crippen molar-refractivity contribution in [1.82, 2.24) is 4.98 Å². The lowest BCUT2D eigenvalue weighted by atomic mass is 9.91. The highest BCUT2D eigenvalue weighted by Gasteiger charge is 2.22. The second-order valence-corrected chi connectivity index (χ2v) is 12.5. The summed E-state index contributed by atoms with van der Waals surface area (Å²) in [5.41, 5.74) is 13.3. The van der Waals surface area contributed by atoms with Gasteiger partial charge in [-0.05, 0) is 39.1 Å². The molecule has 0 amide bonds. The van der Waals surface area contributed by atoms with Crippen molar-refractivity contribution in [1.29, 1.82) is 0 Å². The van der Waals surface area contributed by atoms with Gasteiger partial charge in [-0.2, -0.15) is 0 Å². The molecule has 0 unspecified atom stereocenters. The monoisotopic (exact) mass is 597 g/mol. The summed E-state index contributed by atoms with van der Waals surface area (Å²) in [6.45, 7) is 0. The first kappa shape index (κ1) is 26.5. The predicted molar refractivity (Wildman–Crippen MR) is 190 cm³/mol. The minimum absolute atomic E-state index is 1.03. The Morgan fingerprint density at radius 3 is 1.30 bits per heavy atom. The lowest BCUT2D eigenvalue weighted by molar-refractivity contribution is 1.41. The van der Waals surface area contributed by atoms with Crippen molar-refractivity contribution in [2.45, 2.75) is 0 Å². The van der Waals surface area contributed by atoms with Gasteiger partial charge >= 0.3 is 0 Å². The Bertz CT molecular complexity index is 2040. The van der Waals surface area contributed by atoms with Crippen molar-refractivity contribution in [2.75, 3.05) is 0 Å². The minimum atomic E-state index is 1.03. The highest BCUT2D eigenvalue weighted by Crippen LogP contribution is 2.50. The third-order valence-corrected chi connectivity index (χ3v) is 10.2. The molecule has 0 aliphatic heterocycles. The molecule has 0 fully saturated rings. The second-order valence-electron chi connectivity index (χ2n) is 10.7. The summed E-state index contributed by atoms with van der Waals surface area (Å²) >= 11 is 3.61. The summed E-state index contributed by atoms with van der Waals surface area (Å²) in [5, 5.41) is 5.77. The van der Waals surface area contributed by atoms with Gasteiger partial charge in [0.05, 0.1) is 5.52 Å². The van der Waals surface area contributed by atoms with Crippen LogP contribution >= 0.6 is 22.7 Å². The molecule has 3 aromatic heterocycles. The van der Waals surface area contributed by atoms with E-state index < -0.39 is 0 Å². The van der Waals surface area contributed by atoms with E-state index >= 15 is 0 Å². The van der Waals surface area contributed by atoms with E-state index in [2.05, 4.69) is 156 Å². The normalized spacial score (nSPS) is 11.2. The van der Waals surface area contributed by atoms with Gasteiger partial charge in [-0.25, -0.2) is 0 Å². The van der Waals surface area contributed by atoms with Crippen molar-refractivity contribution in [3.05, 3.63) is 163 Å². The van der Waals surface area contributed by atoms with Crippen molar-refractivity contribution in [2.24, 2.45) is 0 Å². The molecule has 1 nitrogen and oxygen atoms in total. The summed E-state index contributed by atoms with van der Waals surface area (Å²) in [4.78, 5) is 7.54. The molecule has 208 valence electrons. The molecule has 0 saturated heterocycles. The molecule has 0 aliphatic carbocycles. The summed E-state index contributed by atoms with van der Waals surface area (Å²) in [5.74, 6) is 0. The number of aromatic nitrogens is 1. The van der Waals surface area contributed by atoms with E-state index in [1.807, 2.05) is 17.5 Å². The Morgan fingerprint density at radius 2 is 0.795 bits per heavy atom. The second kappa shape index (κ2) is 11.5. The molecule has 0 atom stereocenters. The Kier molecular flexibility index (Phi) is 6.96. The van der Waals surface area contributed by atoms with Gasteiger partial charge in [0.25, 0.3) is 0 Å². The molecular formula is C41H27NS2. The maximum atomic E-state index is 5.04. The van der Waals surface area contributed by atoms with Gasteiger partial charge in [-0.3, -0.25) is 4.98 Å². The number of pyridine rings is 1. The van der Waals surface area contributed by atoms with Crippen LogP contribution in [0.15, 0.2) is 163 Å². The van der Waals surface area contributed by atoms with Crippen molar-refractivity contribution in [3.63, 3.8) is 0 Å². The molecular weight excluding hydrogens is 571 g/mol. The van der Waals surface area contributed by atoms with Gasteiger partial charge in [-0.15, -0.1) is 22.7 Å². The first-order valence-corrected chi connectivity index (χ1v) is 16.5. The number of nitrogens with zero attached hydrogens (tertiary/aromatic N) is 1. The third kappa shape index (κ3) is 4.67. The first-order chi connectivity index (χ1) is 21.9. The topological polar surface area (TPSA) is 12.9 Å². The van der Waals surface area contributed by atoms with E-state index in [1.54, 1.807) is 11.3 Å². The van der Waals surface area contributed by atoms with Crippen LogP contribution < -0.4 is 0 Å². The standard InChI is InChI=1S/C41H27NS2/c1-5-14-28(15-6-1)35-26-43-40(37(35)30-18-9-3-10-19-30)33-23-24-34(39-32(33)22-13-25-42-39)41-38(31-20-11-4-12-21-31)36(27-44-41)29-16-7-2-8-17-29/h1-27H. The fourth-order valence-corrected chi connectivity index (χ4v) is 8.38. The van der Waals surface area contributed by atoms with Crippen LogP contribution in [-0.4, -0.2) is 4.98 Å². The maximum absolute atomic E-state index is 5.04. The van der Waals surface area contributed by atoms with E-state index in [0.717, 1.165) is 16.5 Å². The van der Waals surface area contributed by atoms with Gasteiger partial charge in [0.2, 0.25) is 0 Å². The SMILES string of the molecule is c1ccc(-c2csc(-c3ccc(-c4scc(-c5ccccc5)c4-c4ccccc4)c4ncccc34)c2-c2ccccc2)cc1. The molecule has 0 bridgehead atoms. The fourth-order valence-electron chi connectivity index (χ4n) is 6.11. The zero-order valence-electron chi connectivity index (χ0n) is 23.9. The summed E-state index contributed by atoms with van der Waals surface area (Å²) < 4.78 is 0. The van der Waals surface area contributed by atoms with Gasteiger partial charge < -0.3 is 0 Å². The fraction of sp³-hybridized carbons (Fsp3) is 0. The lowest BCUT2D eigenvalue weighted by Gasteiger charge is -2.14. The zero-order chi connectivity index (χ0) is 29.3. The van der Waals surface area contributed by atoms with Gasteiger partial charge in [0, 0.05) is 54.7 Å². The van der Waals surface area contributed by atoms with Crippen molar-refractivity contribution < 1.29 is 0 Å². The average molecular weight is 598 g/mol. The highest BCUT2D eigenvalue weighted by atomic mass is 32.1. The number of rotatable bonds is 6. The minimum Gasteiger partial charge on any atom is -0.256 e. The van der Waals surface area contributed by atoms with Crippen LogP contribution in [0.25, 0.3) is 76.3 Å². The molecule has 0 aliphatic rings. The number of fused-ring (bicyclic) bond motifs is 1. The lowest BCUT2D eigenvalue weighted by Crippen LogP contribution is -1.90. The molecule has 0 spiro atoms. The molecule has 44 heavy (non-hydrogen) atoms. The zero-order valence-corrected chi connectivity index (χ0v) is 25.5. The van der Waals surface area contributed by atoms with Crippen LogP contribution in [0.4, 0.5) is 0 Å². The molecule has 0 saturated carbocycles. The highest BCUT2D eigenvalue weighted by molar-refractivity contribution is 7.15. The third-order valence-electron chi connectivity index (χ3n) is 8.14. The van der Waals surface area contributed by atoms with Gasteiger partial charge in [0.1, 0.15) is 0 Å². The smallest absolute Gasteiger partial charge is 0.0795 e. The van der Waals surface area contributed by atoms with Crippen molar-refractivity contribution >= 4 is 33.6 Å². The van der Waals surface area contributed by atoms with Gasteiger partial charge in [0.15, 0.2) is 0 Å². The maximum Gasteiger partial charge on any atom is 0.0795 e. The largest absolute Gasteiger partial charge is 0.256 e. The summed E-state index contributed by atoms with van der Waals surface area (Å²) in [6, 6.07) is 51.8. The number of benzene rings is 5. The van der Waals surface area contributed by atoms with E-state index in [4.69, 9.17) is 4.98 Å². The quantitative estimate of drug-likeness (QED) is 0.186. The van der Waals surface area contributed by atoms with Crippen LogP contribution in [0.3, 0.4) is 0 Å². The predicted octanol–water partition coefficient (Wildman–Crippen LogP) is 12.4. The van der Waals surface area contributed by atoms with E-state index in [-0.39, 0.29) is 0 Å². The van der Waals surface area contributed by atoms with E-state index in [0.29, 0.717) is 0 Å². The van der Waals surface area contributed by atoms with Crippen LogP contribution in [-0.2, 0) is 0 Å². The molecule has 8 aromatic rings. The first-order valence-electron chi connectivity index (χ1n) is 14.7. The van der Waals surface area contributed by atoms with E-state index in [9.17, 15) is 0 Å². The van der Waals surface area contributed by atoms with Gasteiger partial charge in [-0.1, -0.05) is 140 Å². The Labute approximate surface area is 265 Å². The summed E-state index contributed by atoms with van der Waals surface area (Å²) in [7, 11) is 0. The molecule has 5 aromatic carbocycles. The van der Waals surface area contributed by atoms with Crippen LogP contribution in [0.5, 0.6) is 0 Å². The Hall–Kier alpha value is -5.09. The molecule has 3 heterocycles. The Morgan fingerprint density at radius 1 is 0.364 bits per heavy atom. The van der Waals surface area contributed by atoms with Crippen LogP contribution in [0.1, 0.15) is 0 Å². The van der Waals surface area contributed by atoms with E-state index in [1.165, 1.54) is 59.8 Å².